The molecule has 0 fully saturated rings. The molecule has 3 N–H and O–H groups in total. The Morgan fingerprint density at radius 3 is 2.21 bits per heavy atom. The fraction of sp³-hybridized carbons (Fsp3) is 0.233. The van der Waals surface area contributed by atoms with E-state index in [0.717, 1.165) is 30.4 Å². The Labute approximate surface area is 241 Å². The van der Waals surface area contributed by atoms with Crippen LogP contribution in [0.15, 0.2) is 79.0 Å². The monoisotopic (exact) mass is 601 g/mol. The number of alkyl halides is 3. The molecule has 0 atom stereocenters. The van der Waals surface area contributed by atoms with Crippen molar-refractivity contribution in [3.8, 4) is 11.1 Å². The van der Waals surface area contributed by atoms with Gasteiger partial charge in [-0.25, -0.2) is 0 Å². The molecule has 222 valence electrons. The minimum Gasteiger partial charge on any atom is -0.352 e. The third kappa shape index (κ3) is 9.11. The van der Waals surface area contributed by atoms with Crippen molar-refractivity contribution in [2.75, 3.05) is 17.6 Å². The molecule has 0 spiro atoms. The van der Waals surface area contributed by atoms with Crippen LogP contribution in [0, 0.1) is 0 Å². The van der Waals surface area contributed by atoms with Gasteiger partial charge in [0.15, 0.2) is 0 Å². The minimum absolute atomic E-state index is 0.185. The summed E-state index contributed by atoms with van der Waals surface area (Å²) in [4.78, 5) is 29.7. The smallest absolute Gasteiger partial charge is 0.352 e. The largest absolute Gasteiger partial charge is 0.416 e. The first-order chi connectivity index (χ1) is 19.8. The normalized spacial score (nSPS) is 11.4. The summed E-state index contributed by atoms with van der Waals surface area (Å²) in [6.45, 7) is 4.02. The average molecular weight is 602 g/mol. The molecule has 0 radical (unpaired) electrons. The molecular formula is C30H30F3N3O5S. The van der Waals surface area contributed by atoms with E-state index in [9.17, 15) is 31.2 Å². The van der Waals surface area contributed by atoms with Crippen LogP contribution in [0.1, 0.15) is 53.0 Å². The highest BCUT2D eigenvalue weighted by atomic mass is 32.2. The summed E-state index contributed by atoms with van der Waals surface area (Å²) in [7, 11) is -3.66. The fourth-order valence-corrected chi connectivity index (χ4v) is 3.77. The number of unbranched alkanes of at least 4 members (excludes halogenated alkanes) is 1. The van der Waals surface area contributed by atoms with Gasteiger partial charge in [0, 0.05) is 29.4 Å². The summed E-state index contributed by atoms with van der Waals surface area (Å²) in [5.74, 6) is -0.792. The maximum Gasteiger partial charge on any atom is 0.416 e. The van der Waals surface area contributed by atoms with E-state index in [-0.39, 0.29) is 11.7 Å². The predicted molar refractivity (Wildman–Crippen MR) is 156 cm³/mol. The SMILES string of the molecule is CCCCNC(=O)c1cnc2cc(NC(=O)c3ccccc3-c3ccc(C(F)(F)F)cc3)ccc2c1.CCS(=O)(=O)O. The molecule has 0 bridgehead atoms. The van der Waals surface area contributed by atoms with Crippen LogP contribution < -0.4 is 10.6 Å². The molecule has 0 saturated carbocycles. The van der Waals surface area contributed by atoms with Crippen LogP contribution in [0.4, 0.5) is 18.9 Å². The first-order valence-corrected chi connectivity index (χ1v) is 14.6. The van der Waals surface area contributed by atoms with Crippen molar-refractivity contribution in [3.63, 3.8) is 0 Å². The van der Waals surface area contributed by atoms with E-state index in [4.69, 9.17) is 4.55 Å². The highest BCUT2D eigenvalue weighted by Gasteiger charge is 2.30. The maximum absolute atomic E-state index is 13.1. The van der Waals surface area contributed by atoms with E-state index >= 15 is 0 Å². The number of amides is 2. The lowest BCUT2D eigenvalue weighted by atomic mass is 9.98. The van der Waals surface area contributed by atoms with Crippen molar-refractivity contribution in [1.29, 1.82) is 0 Å². The van der Waals surface area contributed by atoms with Crippen molar-refractivity contribution in [3.05, 3.63) is 95.7 Å². The summed E-state index contributed by atoms with van der Waals surface area (Å²) in [5, 5.41) is 6.44. The van der Waals surface area contributed by atoms with Gasteiger partial charge >= 0.3 is 6.18 Å². The van der Waals surface area contributed by atoms with E-state index in [0.29, 0.717) is 40.0 Å². The van der Waals surface area contributed by atoms with Gasteiger partial charge in [-0.15, -0.1) is 0 Å². The number of hydrogen-bond donors (Lipinski definition) is 3. The Kier molecular flexibility index (Phi) is 10.8. The van der Waals surface area contributed by atoms with Gasteiger partial charge in [-0.3, -0.25) is 19.1 Å². The standard InChI is InChI=1S/C28H24F3N3O2.C2H6O3S/c1-2-3-14-32-26(35)20-15-19-10-13-22(16-25(19)33-17-20)34-27(36)24-7-5-4-6-23(24)18-8-11-21(12-9-18)28(29,30)31;1-2-6(3,4)5/h4-13,15-17H,2-3,14H2,1H3,(H,32,35)(H,34,36);2H2,1H3,(H,3,4,5). The highest BCUT2D eigenvalue weighted by molar-refractivity contribution is 7.85. The second-order valence-corrected chi connectivity index (χ2v) is 10.9. The Bertz CT molecular complexity index is 1660. The number of hydrogen-bond acceptors (Lipinski definition) is 5. The summed E-state index contributed by atoms with van der Waals surface area (Å²) in [6, 6.07) is 18.3. The van der Waals surface area contributed by atoms with E-state index in [2.05, 4.69) is 15.6 Å². The van der Waals surface area contributed by atoms with Crippen LogP contribution >= 0.6 is 0 Å². The second-order valence-electron chi connectivity index (χ2n) is 9.19. The molecule has 0 aliphatic rings. The van der Waals surface area contributed by atoms with Gasteiger partial charge in [0.05, 0.1) is 22.4 Å². The topological polar surface area (TPSA) is 125 Å². The molecule has 3 aromatic carbocycles. The number of pyridine rings is 1. The van der Waals surface area contributed by atoms with Crippen LogP contribution in [0.5, 0.6) is 0 Å². The van der Waals surface area contributed by atoms with Gasteiger partial charge in [-0.1, -0.05) is 49.7 Å². The number of rotatable bonds is 8. The molecule has 8 nitrogen and oxygen atoms in total. The molecule has 2 amide bonds. The number of benzene rings is 3. The molecule has 12 heteroatoms. The van der Waals surface area contributed by atoms with Crippen LogP contribution in [0.3, 0.4) is 0 Å². The zero-order valence-electron chi connectivity index (χ0n) is 22.9. The number of nitrogens with zero attached hydrogens (tertiary/aromatic N) is 1. The van der Waals surface area contributed by atoms with Gasteiger partial charge in [-0.2, -0.15) is 21.6 Å². The van der Waals surface area contributed by atoms with Crippen LogP contribution in [0.2, 0.25) is 0 Å². The number of fused-ring (bicyclic) bond motifs is 1. The van der Waals surface area contributed by atoms with Gasteiger partial charge in [-0.05, 0) is 60.9 Å². The van der Waals surface area contributed by atoms with E-state index < -0.39 is 27.8 Å². The van der Waals surface area contributed by atoms with Gasteiger partial charge in [0.1, 0.15) is 0 Å². The molecule has 0 aliphatic carbocycles. The number of aromatic nitrogens is 1. The molecule has 0 saturated heterocycles. The summed E-state index contributed by atoms with van der Waals surface area (Å²) < 4.78 is 65.7. The Morgan fingerprint density at radius 2 is 1.60 bits per heavy atom. The Morgan fingerprint density at radius 1 is 0.929 bits per heavy atom. The fourth-order valence-electron chi connectivity index (χ4n) is 3.77. The van der Waals surface area contributed by atoms with Crippen LogP contribution in [-0.4, -0.2) is 42.1 Å². The molecule has 1 heterocycles. The molecule has 1 aromatic heterocycles. The third-order valence-electron chi connectivity index (χ3n) is 6.08. The zero-order chi connectivity index (χ0) is 30.9. The third-order valence-corrected chi connectivity index (χ3v) is 6.81. The van der Waals surface area contributed by atoms with Gasteiger partial charge in [0.2, 0.25) is 0 Å². The summed E-state index contributed by atoms with van der Waals surface area (Å²) >= 11 is 0. The number of nitrogens with one attached hydrogen (secondary N) is 2. The Hall–Kier alpha value is -4.29. The van der Waals surface area contributed by atoms with Crippen LogP contribution in [-0.2, 0) is 16.3 Å². The molecular weight excluding hydrogens is 571 g/mol. The van der Waals surface area contributed by atoms with Crippen molar-refractivity contribution in [1.82, 2.24) is 10.3 Å². The quantitative estimate of drug-likeness (QED) is 0.154. The molecule has 0 aliphatic heterocycles. The lowest BCUT2D eigenvalue weighted by molar-refractivity contribution is -0.137. The van der Waals surface area contributed by atoms with Crippen molar-refractivity contribution >= 4 is 38.5 Å². The number of halogens is 3. The second kappa shape index (κ2) is 14.1. The summed E-state index contributed by atoms with van der Waals surface area (Å²) in [6.07, 6.45) is -1.05. The van der Waals surface area contributed by atoms with Gasteiger partial charge < -0.3 is 10.6 Å². The Balaban J connectivity index is 0.000000730. The van der Waals surface area contributed by atoms with Crippen molar-refractivity contribution in [2.45, 2.75) is 32.9 Å². The van der Waals surface area contributed by atoms with Crippen molar-refractivity contribution < 1.29 is 35.7 Å². The first kappa shape index (κ1) is 32.2. The summed E-state index contributed by atoms with van der Waals surface area (Å²) in [5.41, 5.74) is 2.15. The number of carbonyl (C=O) groups excluding carboxylic acids is 2. The molecule has 4 aromatic rings. The molecule has 0 unspecified atom stereocenters. The maximum atomic E-state index is 13.1. The zero-order valence-corrected chi connectivity index (χ0v) is 23.7. The van der Waals surface area contributed by atoms with Gasteiger partial charge in [0.25, 0.3) is 21.9 Å². The molecule has 42 heavy (non-hydrogen) atoms. The average Bonchev–Trinajstić information content (AvgIpc) is 2.96. The predicted octanol–water partition coefficient (Wildman–Crippen LogP) is 6.60. The minimum atomic E-state index is -4.43. The van der Waals surface area contributed by atoms with Crippen LogP contribution in [0.25, 0.3) is 22.0 Å². The van der Waals surface area contributed by atoms with E-state index in [1.165, 1.54) is 25.3 Å². The van der Waals surface area contributed by atoms with E-state index in [1.807, 2.05) is 6.92 Å². The number of anilines is 1. The lowest BCUT2D eigenvalue weighted by Crippen LogP contribution is -2.24. The highest BCUT2D eigenvalue weighted by Crippen LogP contribution is 2.32. The van der Waals surface area contributed by atoms with Crippen molar-refractivity contribution in [2.24, 2.45) is 0 Å². The number of carbonyl (C=O) groups is 2. The van der Waals surface area contributed by atoms with E-state index in [1.54, 1.807) is 48.5 Å². The lowest BCUT2D eigenvalue weighted by Gasteiger charge is -2.12. The molecule has 4 rings (SSSR count). The first-order valence-electron chi connectivity index (χ1n) is 13.0.